The zero-order valence-corrected chi connectivity index (χ0v) is 14.4. The smallest absolute Gasteiger partial charge is 0.165 e. The van der Waals surface area contributed by atoms with E-state index in [9.17, 15) is 0 Å². The van der Waals surface area contributed by atoms with E-state index in [4.69, 9.17) is 21.1 Å². The number of methoxy groups -OCH3 is 1. The number of nitrogens with one attached hydrogen (secondary N) is 1. The van der Waals surface area contributed by atoms with Crippen LogP contribution in [0.25, 0.3) is 0 Å². The summed E-state index contributed by atoms with van der Waals surface area (Å²) in [6.07, 6.45) is 3.44. The Balaban J connectivity index is 2.85. The monoisotopic (exact) mass is 313 g/mol. The summed E-state index contributed by atoms with van der Waals surface area (Å²) in [4.78, 5) is 0. The third kappa shape index (κ3) is 6.15. The van der Waals surface area contributed by atoms with Crippen molar-refractivity contribution in [2.75, 3.05) is 20.3 Å². The largest absolute Gasteiger partial charge is 0.493 e. The Hall–Kier alpha value is -0.930. The van der Waals surface area contributed by atoms with Gasteiger partial charge in [0.25, 0.3) is 0 Å². The molecule has 0 spiro atoms. The number of rotatable bonds is 10. The highest BCUT2D eigenvalue weighted by Gasteiger charge is 2.14. The fraction of sp³-hybridized carbons (Fsp3) is 0.647. The standard InChI is InChI=1S/C17H28ClNO2/c1-5-7-13(3)12-21-17-14(11-19-8-6-2)9-15(18)10-16(17)20-4/h9-10,13,19H,5-8,11-12H2,1-4H3. The molecule has 0 aromatic heterocycles. The zero-order valence-electron chi connectivity index (χ0n) is 13.7. The highest BCUT2D eigenvalue weighted by Crippen LogP contribution is 2.35. The highest BCUT2D eigenvalue weighted by atomic mass is 35.5. The first kappa shape index (κ1) is 18.1. The van der Waals surface area contributed by atoms with Crippen LogP contribution in [0.3, 0.4) is 0 Å². The number of hydrogen-bond acceptors (Lipinski definition) is 3. The van der Waals surface area contributed by atoms with Gasteiger partial charge in [0, 0.05) is 23.2 Å². The molecule has 1 N–H and O–H groups in total. The lowest BCUT2D eigenvalue weighted by molar-refractivity contribution is 0.237. The van der Waals surface area contributed by atoms with Crippen molar-refractivity contribution in [3.05, 3.63) is 22.7 Å². The van der Waals surface area contributed by atoms with Crippen molar-refractivity contribution in [2.45, 2.75) is 46.6 Å². The topological polar surface area (TPSA) is 30.5 Å². The van der Waals surface area contributed by atoms with Gasteiger partial charge in [-0.15, -0.1) is 0 Å². The molecule has 0 saturated heterocycles. The van der Waals surface area contributed by atoms with Gasteiger partial charge in [0.15, 0.2) is 11.5 Å². The molecule has 0 aliphatic rings. The average Bonchev–Trinajstić information content (AvgIpc) is 2.46. The maximum Gasteiger partial charge on any atom is 0.165 e. The third-order valence-corrected chi connectivity index (χ3v) is 3.57. The Morgan fingerprint density at radius 3 is 2.62 bits per heavy atom. The van der Waals surface area contributed by atoms with Gasteiger partial charge >= 0.3 is 0 Å². The molecule has 3 nitrogen and oxygen atoms in total. The second kappa shape index (κ2) is 9.91. The maximum atomic E-state index is 6.16. The van der Waals surface area contributed by atoms with Crippen molar-refractivity contribution in [2.24, 2.45) is 5.92 Å². The van der Waals surface area contributed by atoms with Crippen molar-refractivity contribution in [3.8, 4) is 11.5 Å². The van der Waals surface area contributed by atoms with Crippen LogP contribution in [0.15, 0.2) is 12.1 Å². The summed E-state index contributed by atoms with van der Waals surface area (Å²) in [6.45, 7) is 8.96. The second-order valence-corrected chi connectivity index (χ2v) is 5.91. The van der Waals surface area contributed by atoms with Crippen LogP contribution in [-0.2, 0) is 6.54 Å². The van der Waals surface area contributed by atoms with Gasteiger partial charge in [-0.1, -0.05) is 38.8 Å². The molecule has 0 amide bonds. The molecule has 0 radical (unpaired) electrons. The summed E-state index contributed by atoms with van der Waals surface area (Å²) < 4.78 is 11.5. The van der Waals surface area contributed by atoms with Gasteiger partial charge in [-0.25, -0.2) is 0 Å². The molecule has 120 valence electrons. The SMILES string of the molecule is CCCNCc1cc(Cl)cc(OC)c1OCC(C)CCC. The minimum atomic E-state index is 0.534. The molecule has 1 rings (SSSR count). The minimum Gasteiger partial charge on any atom is -0.493 e. The maximum absolute atomic E-state index is 6.16. The Labute approximate surface area is 134 Å². The Morgan fingerprint density at radius 1 is 1.24 bits per heavy atom. The van der Waals surface area contributed by atoms with Gasteiger partial charge in [-0.05, 0) is 31.4 Å². The van der Waals surface area contributed by atoms with Crippen LogP contribution in [0.2, 0.25) is 5.02 Å². The predicted octanol–water partition coefficient (Wildman–Crippen LogP) is 4.66. The fourth-order valence-electron chi connectivity index (χ4n) is 2.27. The Morgan fingerprint density at radius 2 is 2.00 bits per heavy atom. The summed E-state index contributed by atoms with van der Waals surface area (Å²) in [6, 6.07) is 3.76. The van der Waals surface area contributed by atoms with E-state index in [2.05, 4.69) is 26.1 Å². The van der Waals surface area contributed by atoms with Crippen LogP contribution < -0.4 is 14.8 Å². The van der Waals surface area contributed by atoms with E-state index >= 15 is 0 Å². The van der Waals surface area contributed by atoms with Crippen LogP contribution >= 0.6 is 11.6 Å². The summed E-state index contributed by atoms with van der Waals surface area (Å²) in [5, 5.41) is 4.06. The molecule has 1 aromatic carbocycles. The van der Waals surface area contributed by atoms with E-state index < -0.39 is 0 Å². The molecule has 0 fully saturated rings. The predicted molar refractivity (Wildman–Crippen MR) is 89.6 cm³/mol. The van der Waals surface area contributed by atoms with Gasteiger partial charge in [0.05, 0.1) is 13.7 Å². The third-order valence-electron chi connectivity index (χ3n) is 3.35. The average molecular weight is 314 g/mol. The van der Waals surface area contributed by atoms with E-state index in [1.54, 1.807) is 7.11 Å². The van der Waals surface area contributed by atoms with E-state index in [1.165, 1.54) is 12.8 Å². The van der Waals surface area contributed by atoms with Gasteiger partial charge in [0.2, 0.25) is 0 Å². The molecule has 21 heavy (non-hydrogen) atoms. The highest BCUT2D eigenvalue weighted by molar-refractivity contribution is 6.30. The van der Waals surface area contributed by atoms with Crippen molar-refractivity contribution in [1.82, 2.24) is 5.32 Å². The molecule has 0 heterocycles. The quantitative estimate of drug-likeness (QED) is 0.637. The Kier molecular flexibility index (Phi) is 8.55. The first-order chi connectivity index (χ1) is 10.1. The molecule has 1 unspecified atom stereocenters. The van der Waals surface area contributed by atoms with E-state index in [-0.39, 0.29) is 0 Å². The molecule has 4 heteroatoms. The first-order valence-electron chi connectivity index (χ1n) is 7.82. The van der Waals surface area contributed by atoms with Gasteiger partial charge in [-0.3, -0.25) is 0 Å². The molecule has 0 bridgehead atoms. The summed E-state index contributed by atoms with van der Waals surface area (Å²) in [5.41, 5.74) is 1.05. The van der Waals surface area contributed by atoms with Crippen LogP contribution in [0.4, 0.5) is 0 Å². The van der Waals surface area contributed by atoms with Crippen molar-refractivity contribution in [1.29, 1.82) is 0 Å². The number of ether oxygens (including phenoxy) is 2. The van der Waals surface area contributed by atoms with Crippen molar-refractivity contribution in [3.63, 3.8) is 0 Å². The number of halogens is 1. The van der Waals surface area contributed by atoms with Crippen molar-refractivity contribution < 1.29 is 9.47 Å². The van der Waals surface area contributed by atoms with Crippen LogP contribution in [-0.4, -0.2) is 20.3 Å². The zero-order chi connectivity index (χ0) is 15.7. The number of benzene rings is 1. The van der Waals surface area contributed by atoms with Gasteiger partial charge in [-0.2, -0.15) is 0 Å². The first-order valence-corrected chi connectivity index (χ1v) is 8.20. The van der Waals surface area contributed by atoms with Gasteiger partial charge < -0.3 is 14.8 Å². The molecule has 0 saturated carbocycles. The minimum absolute atomic E-state index is 0.534. The summed E-state index contributed by atoms with van der Waals surface area (Å²) in [5.74, 6) is 2.06. The number of hydrogen-bond donors (Lipinski definition) is 1. The molecule has 1 atom stereocenters. The molecule has 0 aliphatic carbocycles. The fourth-order valence-corrected chi connectivity index (χ4v) is 2.50. The summed E-state index contributed by atoms with van der Waals surface area (Å²) >= 11 is 6.16. The van der Waals surface area contributed by atoms with Gasteiger partial charge in [0.1, 0.15) is 0 Å². The lowest BCUT2D eigenvalue weighted by Gasteiger charge is -2.18. The van der Waals surface area contributed by atoms with Crippen LogP contribution in [0.1, 0.15) is 45.6 Å². The van der Waals surface area contributed by atoms with Crippen LogP contribution in [0, 0.1) is 5.92 Å². The molecule has 0 aliphatic heterocycles. The molecular weight excluding hydrogens is 286 g/mol. The molecule has 1 aromatic rings. The lowest BCUT2D eigenvalue weighted by Crippen LogP contribution is -2.16. The van der Waals surface area contributed by atoms with Crippen LogP contribution in [0.5, 0.6) is 11.5 Å². The Bertz CT molecular complexity index is 423. The van der Waals surface area contributed by atoms with E-state index in [0.29, 0.717) is 23.3 Å². The van der Waals surface area contributed by atoms with Crippen molar-refractivity contribution >= 4 is 11.6 Å². The van der Waals surface area contributed by atoms with E-state index in [1.807, 2.05) is 12.1 Å². The molecular formula is C17H28ClNO2. The normalized spacial score (nSPS) is 12.2. The second-order valence-electron chi connectivity index (χ2n) is 5.48. The van der Waals surface area contributed by atoms with E-state index in [0.717, 1.165) is 30.8 Å². The lowest BCUT2D eigenvalue weighted by atomic mass is 10.1. The summed E-state index contributed by atoms with van der Waals surface area (Å²) in [7, 11) is 1.65.